The van der Waals surface area contributed by atoms with E-state index >= 15 is 0 Å². The molecule has 0 fully saturated rings. The first-order valence-corrected chi connectivity index (χ1v) is 6.06. The summed E-state index contributed by atoms with van der Waals surface area (Å²) in [6, 6.07) is 3.04. The molecule has 0 bridgehead atoms. The molecule has 1 unspecified atom stereocenters. The molecule has 0 aliphatic carbocycles. The summed E-state index contributed by atoms with van der Waals surface area (Å²) in [6.07, 6.45) is 0. The van der Waals surface area contributed by atoms with Crippen molar-refractivity contribution in [2.45, 2.75) is 26.8 Å². The number of nitrogens with one attached hydrogen (secondary N) is 1. The van der Waals surface area contributed by atoms with E-state index in [1.54, 1.807) is 12.1 Å². The third-order valence-electron chi connectivity index (χ3n) is 2.51. The Morgan fingerprint density at radius 1 is 1.39 bits per heavy atom. The highest BCUT2D eigenvalue weighted by Gasteiger charge is 2.19. The molecule has 0 saturated carbocycles. The maximum absolute atomic E-state index is 11.3. The van der Waals surface area contributed by atoms with Crippen LogP contribution < -0.4 is 16.8 Å². The Morgan fingerprint density at radius 2 is 2.00 bits per heavy atom. The number of aromatic nitrogens is 1. The highest BCUT2D eigenvalue weighted by atomic mass is 32.1. The second-order valence-corrected chi connectivity index (χ2v) is 4.95. The summed E-state index contributed by atoms with van der Waals surface area (Å²) in [7, 11) is 0. The van der Waals surface area contributed by atoms with E-state index in [1.165, 1.54) is 0 Å². The number of anilines is 1. The first-order valence-electron chi connectivity index (χ1n) is 5.65. The van der Waals surface area contributed by atoms with Gasteiger partial charge < -0.3 is 16.8 Å². The van der Waals surface area contributed by atoms with E-state index in [0.29, 0.717) is 16.4 Å². The quantitative estimate of drug-likeness (QED) is 0.690. The molecule has 5 N–H and O–H groups in total. The molecular weight excluding hydrogens is 248 g/mol. The Kier molecular flexibility index (Phi) is 4.61. The minimum atomic E-state index is -0.474. The molecule has 98 valence electrons. The predicted molar refractivity (Wildman–Crippen MR) is 76.3 cm³/mol. The van der Waals surface area contributed by atoms with Gasteiger partial charge in [0.25, 0.3) is 0 Å². The van der Waals surface area contributed by atoms with Crippen LogP contribution >= 0.6 is 12.2 Å². The van der Waals surface area contributed by atoms with Gasteiger partial charge in [0.15, 0.2) is 0 Å². The van der Waals surface area contributed by atoms with Crippen molar-refractivity contribution in [3.63, 3.8) is 0 Å². The second-order valence-electron chi connectivity index (χ2n) is 4.52. The molecule has 0 aromatic carbocycles. The number of pyridine rings is 1. The Bertz CT molecular complexity index is 473. The molecule has 0 radical (unpaired) electrons. The summed E-state index contributed by atoms with van der Waals surface area (Å²) in [4.78, 5) is 15.9. The van der Waals surface area contributed by atoms with E-state index in [-0.39, 0.29) is 5.92 Å². The zero-order valence-electron chi connectivity index (χ0n) is 10.7. The van der Waals surface area contributed by atoms with Crippen molar-refractivity contribution in [2.24, 2.45) is 17.4 Å². The van der Waals surface area contributed by atoms with Crippen LogP contribution in [0.2, 0.25) is 0 Å². The summed E-state index contributed by atoms with van der Waals surface area (Å²) < 4.78 is 0. The van der Waals surface area contributed by atoms with Crippen molar-refractivity contribution >= 4 is 28.9 Å². The van der Waals surface area contributed by atoms with Crippen LogP contribution in [-0.2, 0) is 4.79 Å². The van der Waals surface area contributed by atoms with Crippen LogP contribution in [0, 0.1) is 12.8 Å². The molecule has 0 saturated heterocycles. The molecular formula is C12H18N4OS. The van der Waals surface area contributed by atoms with E-state index in [9.17, 15) is 4.79 Å². The van der Waals surface area contributed by atoms with Crippen molar-refractivity contribution in [1.29, 1.82) is 0 Å². The van der Waals surface area contributed by atoms with Crippen LogP contribution in [0.5, 0.6) is 0 Å². The molecule has 18 heavy (non-hydrogen) atoms. The SMILES string of the molecule is Cc1cc(C(N)=S)cc(NC(C(N)=O)C(C)C)n1. The topological polar surface area (TPSA) is 94.0 Å². The Labute approximate surface area is 112 Å². The molecule has 0 spiro atoms. The van der Waals surface area contributed by atoms with Crippen LogP contribution in [0.1, 0.15) is 25.1 Å². The van der Waals surface area contributed by atoms with Gasteiger partial charge in [0.1, 0.15) is 16.8 Å². The lowest BCUT2D eigenvalue weighted by atomic mass is 10.0. The summed E-state index contributed by atoms with van der Waals surface area (Å²) in [6.45, 7) is 5.65. The molecule has 1 heterocycles. The van der Waals surface area contributed by atoms with Crippen molar-refractivity contribution < 1.29 is 4.79 Å². The smallest absolute Gasteiger partial charge is 0.240 e. The maximum atomic E-state index is 11.3. The van der Waals surface area contributed by atoms with Gasteiger partial charge in [-0.05, 0) is 25.0 Å². The largest absolute Gasteiger partial charge is 0.389 e. The molecule has 5 nitrogen and oxygen atoms in total. The molecule has 1 aromatic heterocycles. The Hall–Kier alpha value is -1.69. The standard InChI is InChI=1S/C12H18N4OS/c1-6(2)10(11(13)17)16-9-5-8(12(14)18)4-7(3)15-9/h4-6,10H,1-3H3,(H2,13,17)(H2,14,18)(H,15,16). The molecule has 1 aromatic rings. The van der Waals surface area contributed by atoms with E-state index in [0.717, 1.165) is 5.69 Å². The number of aryl methyl sites for hydroxylation is 1. The number of thiocarbonyl (C=S) groups is 1. The summed E-state index contributed by atoms with van der Waals surface area (Å²) >= 11 is 4.93. The van der Waals surface area contributed by atoms with Gasteiger partial charge >= 0.3 is 0 Å². The number of carbonyl (C=O) groups excluding carboxylic acids is 1. The minimum absolute atomic E-state index is 0.0677. The number of nitrogens with zero attached hydrogens (tertiary/aromatic N) is 1. The van der Waals surface area contributed by atoms with Crippen LogP contribution in [0.4, 0.5) is 5.82 Å². The first-order chi connectivity index (χ1) is 8.31. The van der Waals surface area contributed by atoms with Crippen LogP contribution in [0.15, 0.2) is 12.1 Å². The fourth-order valence-electron chi connectivity index (χ4n) is 1.61. The fraction of sp³-hybridized carbons (Fsp3) is 0.417. The number of primary amides is 1. The highest BCUT2D eigenvalue weighted by molar-refractivity contribution is 7.80. The minimum Gasteiger partial charge on any atom is -0.389 e. The number of amides is 1. The number of nitrogens with two attached hydrogens (primary N) is 2. The molecule has 1 rings (SSSR count). The van der Waals surface area contributed by atoms with E-state index < -0.39 is 11.9 Å². The lowest BCUT2D eigenvalue weighted by Crippen LogP contribution is -2.39. The summed E-state index contributed by atoms with van der Waals surface area (Å²) in [5, 5.41) is 3.01. The van der Waals surface area contributed by atoms with Gasteiger partial charge in [-0.1, -0.05) is 26.1 Å². The molecule has 6 heteroatoms. The molecule has 1 amide bonds. The fourth-order valence-corrected chi connectivity index (χ4v) is 1.73. The number of hydrogen-bond donors (Lipinski definition) is 3. The first kappa shape index (κ1) is 14.4. The number of rotatable bonds is 5. The third kappa shape index (κ3) is 3.66. The Balaban J connectivity index is 3.03. The van der Waals surface area contributed by atoms with Crippen LogP contribution in [0.3, 0.4) is 0 Å². The van der Waals surface area contributed by atoms with Gasteiger partial charge in [0.2, 0.25) is 5.91 Å². The third-order valence-corrected chi connectivity index (χ3v) is 2.75. The van der Waals surface area contributed by atoms with Crippen LogP contribution in [-0.4, -0.2) is 21.9 Å². The summed E-state index contributed by atoms with van der Waals surface area (Å²) in [5.74, 6) is 0.207. The molecule has 0 aliphatic rings. The van der Waals surface area contributed by atoms with Crippen LogP contribution in [0.25, 0.3) is 0 Å². The predicted octanol–water partition coefficient (Wildman–Crippen LogP) is 0.946. The Morgan fingerprint density at radius 3 is 2.44 bits per heavy atom. The van der Waals surface area contributed by atoms with E-state index in [4.69, 9.17) is 23.7 Å². The van der Waals surface area contributed by atoms with Gasteiger partial charge in [0, 0.05) is 11.3 Å². The summed E-state index contributed by atoms with van der Waals surface area (Å²) in [5.41, 5.74) is 12.4. The van der Waals surface area contributed by atoms with E-state index in [2.05, 4.69) is 10.3 Å². The average molecular weight is 266 g/mol. The second kappa shape index (κ2) is 5.77. The zero-order chi connectivity index (χ0) is 13.9. The lowest BCUT2D eigenvalue weighted by Gasteiger charge is -2.20. The van der Waals surface area contributed by atoms with Crippen molar-refractivity contribution in [3.8, 4) is 0 Å². The van der Waals surface area contributed by atoms with Crippen molar-refractivity contribution in [2.75, 3.05) is 5.32 Å². The van der Waals surface area contributed by atoms with Gasteiger partial charge in [-0.3, -0.25) is 4.79 Å². The van der Waals surface area contributed by atoms with Gasteiger partial charge in [-0.15, -0.1) is 0 Å². The van der Waals surface area contributed by atoms with Gasteiger partial charge in [-0.2, -0.15) is 0 Å². The van der Waals surface area contributed by atoms with E-state index in [1.807, 2.05) is 20.8 Å². The van der Waals surface area contributed by atoms with Crippen molar-refractivity contribution in [1.82, 2.24) is 4.98 Å². The number of hydrogen-bond acceptors (Lipinski definition) is 4. The van der Waals surface area contributed by atoms with Crippen molar-refractivity contribution in [3.05, 3.63) is 23.4 Å². The monoisotopic (exact) mass is 266 g/mol. The normalized spacial score (nSPS) is 12.2. The average Bonchev–Trinajstić information content (AvgIpc) is 2.24. The highest BCUT2D eigenvalue weighted by Crippen LogP contribution is 2.14. The van der Waals surface area contributed by atoms with Gasteiger partial charge in [0.05, 0.1) is 0 Å². The lowest BCUT2D eigenvalue weighted by molar-refractivity contribution is -0.119. The molecule has 1 atom stereocenters. The maximum Gasteiger partial charge on any atom is 0.240 e. The van der Waals surface area contributed by atoms with Gasteiger partial charge in [-0.25, -0.2) is 4.98 Å². The zero-order valence-corrected chi connectivity index (χ0v) is 11.5. The molecule has 0 aliphatic heterocycles. The number of carbonyl (C=O) groups is 1.